The molecule has 4 nitrogen and oxygen atoms in total. The zero-order valence-corrected chi connectivity index (χ0v) is 13.6. The second-order valence-corrected chi connectivity index (χ2v) is 6.17. The molecule has 3 aromatic rings. The van der Waals surface area contributed by atoms with E-state index in [0.29, 0.717) is 12.1 Å². The number of nitrogens with zero attached hydrogens (tertiary/aromatic N) is 1. The summed E-state index contributed by atoms with van der Waals surface area (Å²) in [6.07, 6.45) is 0.363. The van der Waals surface area contributed by atoms with Crippen LogP contribution in [0.15, 0.2) is 84.9 Å². The van der Waals surface area contributed by atoms with Crippen LogP contribution < -0.4 is 10.4 Å². The van der Waals surface area contributed by atoms with E-state index >= 15 is 0 Å². The van der Waals surface area contributed by atoms with Gasteiger partial charge in [-0.05, 0) is 23.8 Å². The predicted molar refractivity (Wildman–Crippen MR) is 97.6 cm³/mol. The van der Waals surface area contributed by atoms with Crippen molar-refractivity contribution in [3.63, 3.8) is 0 Å². The van der Waals surface area contributed by atoms with Gasteiger partial charge in [0.2, 0.25) is 0 Å². The highest BCUT2D eigenvalue weighted by atomic mass is 16.5. The fourth-order valence-electron chi connectivity index (χ4n) is 3.44. The van der Waals surface area contributed by atoms with Gasteiger partial charge >= 0.3 is 0 Å². The van der Waals surface area contributed by atoms with Crippen LogP contribution in [0.4, 0.5) is 11.4 Å². The fraction of sp³-hybridized carbons (Fsp3) is 0.0952. The molecule has 0 saturated heterocycles. The van der Waals surface area contributed by atoms with Crippen molar-refractivity contribution in [1.29, 1.82) is 0 Å². The molecule has 0 saturated carbocycles. The van der Waals surface area contributed by atoms with Crippen LogP contribution >= 0.6 is 0 Å². The Bertz CT molecular complexity index is 896. The molecule has 0 spiro atoms. The maximum absolute atomic E-state index is 13.1. The monoisotopic (exact) mass is 330 g/mol. The zero-order valence-electron chi connectivity index (χ0n) is 13.6. The summed E-state index contributed by atoms with van der Waals surface area (Å²) in [7, 11) is 0. The van der Waals surface area contributed by atoms with Gasteiger partial charge < -0.3 is 5.32 Å². The summed E-state index contributed by atoms with van der Waals surface area (Å²) >= 11 is 0. The molecule has 1 heterocycles. The second-order valence-electron chi connectivity index (χ2n) is 6.17. The zero-order chi connectivity index (χ0) is 17.3. The minimum absolute atomic E-state index is 0.232. The van der Waals surface area contributed by atoms with E-state index < -0.39 is 5.54 Å². The molecule has 4 rings (SSSR count). The van der Waals surface area contributed by atoms with Gasteiger partial charge in [-0.1, -0.05) is 66.7 Å². The summed E-state index contributed by atoms with van der Waals surface area (Å²) in [6.45, 7) is 0. The Kier molecular flexibility index (Phi) is 3.75. The van der Waals surface area contributed by atoms with E-state index in [1.165, 1.54) is 0 Å². The van der Waals surface area contributed by atoms with E-state index in [4.69, 9.17) is 0 Å². The molecular formula is C21H18N2O2. The Morgan fingerprint density at radius 2 is 1.44 bits per heavy atom. The first-order valence-electron chi connectivity index (χ1n) is 8.21. The van der Waals surface area contributed by atoms with Crippen molar-refractivity contribution < 1.29 is 10.0 Å². The lowest BCUT2D eigenvalue weighted by molar-refractivity contribution is -0.123. The van der Waals surface area contributed by atoms with Crippen molar-refractivity contribution in [2.45, 2.75) is 12.0 Å². The molecule has 1 aliphatic heterocycles. The highest BCUT2D eigenvalue weighted by molar-refractivity contribution is 6.08. The number of hydrogen-bond acceptors (Lipinski definition) is 3. The topological polar surface area (TPSA) is 52.6 Å². The Morgan fingerprint density at radius 3 is 2.16 bits per heavy atom. The summed E-state index contributed by atoms with van der Waals surface area (Å²) in [5.41, 5.74) is 1.85. The van der Waals surface area contributed by atoms with Gasteiger partial charge in [-0.25, -0.2) is 5.06 Å². The summed E-state index contributed by atoms with van der Waals surface area (Å²) < 4.78 is 0. The van der Waals surface area contributed by atoms with Crippen molar-refractivity contribution in [2.75, 3.05) is 10.4 Å². The Balaban J connectivity index is 1.89. The third kappa shape index (κ3) is 2.47. The molecule has 124 valence electrons. The van der Waals surface area contributed by atoms with Crippen LogP contribution in [0.5, 0.6) is 0 Å². The fourth-order valence-corrected chi connectivity index (χ4v) is 3.44. The Morgan fingerprint density at radius 1 is 0.840 bits per heavy atom. The van der Waals surface area contributed by atoms with Gasteiger partial charge in [0.05, 0.1) is 5.69 Å². The van der Waals surface area contributed by atoms with Gasteiger partial charge in [0.15, 0.2) is 5.54 Å². The lowest BCUT2D eigenvalue weighted by atomic mass is 9.84. The van der Waals surface area contributed by atoms with Gasteiger partial charge in [0, 0.05) is 17.7 Å². The molecule has 25 heavy (non-hydrogen) atoms. The van der Waals surface area contributed by atoms with Gasteiger partial charge in [-0.3, -0.25) is 10.0 Å². The van der Waals surface area contributed by atoms with Crippen molar-refractivity contribution in [3.8, 4) is 0 Å². The first-order chi connectivity index (χ1) is 12.2. The van der Waals surface area contributed by atoms with Crippen LogP contribution in [-0.4, -0.2) is 11.1 Å². The average molecular weight is 330 g/mol. The van der Waals surface area contributed by atoms with Crippen LogP contribution in [-0.2, 0) is 16.8 Å². The number of anilines is 2. The van der Waals surface area contributed by atoms with Gasteiger partial charge in [0.1, 0.15) is 0 Å². The third-order valence-corrected chi connectivity index (χ3v) is 4.66. The van der Waals surface area contributed by atoms with E-state index in [2.05, 4.69) is 5.32 Å². The van der Waals surface area contributed by atoms with Crippen molar-refractivity contribution in [1.82, 2.24) is 0 Å². The normalized spacial score (nSPS) is 18.5. The number of nitrogens with one attached hydrogen (secondary N) is 1. The van der Waals surface area contributed by atoms with Crippen LogP contribution in [0.2, 0.25) is 0 Å². The molecule has 0 bridgehead atoms. The maximum Gasteiger partial charge on any atom is 0.257 e. The molecule has 2 N–H and O–H groups in total. The van der Waals surface area contributed by atoms with Crippen molar-refractivity contribution in [2.24, 2.45) is 0 Å². The molecule has 0 aromatic heterocycles. The van der Waals surface area contributed by atoms with Gasteiger partial charge in [-0.15, -0.1) is 0 Å². The molecular weight excluding hydrogens is 312 g/mol. The first-order valence-corrected chi connectivity index (χ1v) is 8.21. The van der Waals surface area contributed by atoms with E-state index in [-0.39, 0.29) is 5.91 Å². The molecule has 1 aliphatic rings. The summed E-state index contributed by atoms with van der Waals surface area (Å²) in [6, 6.07) is 26.4. The number of fused-ring (bicyclic) bond motifs is 1. The molecule has 3 aromatic carbocycles. The number of carbonyl (C=O) groups excluding carboxylic acids is 1. The standard InChI is InChI=1S/C21H18N2O2/c24-20-21(15-16-9-3-1-4-10-16,18-13-7-8-14-19(18)22-20)23(25)17-11-5-2-6-12-17/h1-14,25H,15H2,(H,22,24)/t21-/m1/s1. The van der Waals surface area contributed by atoms with E-state index in [9.17, 15) is 10.0 Å². The Labute approximate surface area is 146 Å². The highest BCUT2D eigenvalue weighted by Gasteiger charge is 2.51. The van der Waals surface area contributed by atoms with Crippen molar-refractivity contribution >= 4 is 17.3 Å². The third-order valence-electron chi connectivity index (χ3n) is 4.66. The average Bonchev–Trinajstić information content (AvgIpc) is 2.95. The van der Waals surface area contributed by atoms with Gasteiger partial charge in [0.25, 0.3) is 5.91 Å². The molecule has 1 amide bonds. The summed E-state index contributed by atoms with van der Waals surface area (Å²) in [5, 5.41) is 15.1. The minimum atomic E-state index is -1.21. The molecule has 0 unspecified atom stereocenters. The first kappa shape index (κ1) is 15.4. The number of benzene rings is 3. The van der Waals surface area contributed by atoms with Gasteiger partial charge in [-0.2, -0.15) is 0 Å². The Hall–Kier alpha value is -3.11. The number of carbonyl (C=O) groups is 1. The largest absolute Gasteiger partial charge is 0.323 e. The minimum Gasteiger partial charge on any atom is -0.323 e. The summed E-state index contributed by atoms with van der Waals surface area (Å²) in [4.78, 5) is 13.1. The highest BCUT2D eigenvalue weighted by Crippen LogP contribution is 2.43. The number of para-hydroxylation sites is 2. The molecule has 0 aliphatic carbocycles. The number of rotatable bonds is 4. The van der Waals surface area contributed by atoms with Crippen LogP contribution in [0.3, 0.4) is 0 Å². The van der Waals surface area contributed by atoms with E-state index in [1.807, 2.05) is 72.8 Å². The lowest BCUT2D eigenvalue weighted by Crippen LogP contribution is -2.51. The predicted octanol–water partition coefficient (Wildman–Crippen LogP) is 3.97. The number of amides is 1. The van der Waals surface area contributed by atoms with Crippen LogP contribution in [0, 0.1) is 0 Å². The smallest absolute Gasteiger partial charge is 0.257 e. The number of hydroxylamine groups is 1. The van der Waals surface area contributed by atoms with E-state index in [0.717, 1.165) is 21.9 Å². The van der Waals surface area contributed by atoms with Crippen LogP contribution in [0.25, 0.3) is 0 Å². The molecule has 4 heteroatoms. The summed E-state index contributed by atoms with van der Waals surface area (Å²) in [5.74, 6) is -0.232. The lowest BCUT2D eigenvalue weighted by Gasteiger charge is -2.36. The maximum atomic E-state index is 13.1. The number of hydrogen-bond donors (Lipinski definition) is 2. The quantitative estimate of drug-likeness (QED) is 0.712. The molecule has 0 radical (unpaired) electrons. The molecule has 0 fully saturated rings. The molecule has 1 atom stereocenters. The second kappa shape index (κ2) is 6.07. The van der Waals surface area contributed by atoms with Crippen molar-refractivity contribution in [3.05, 3.63) is 96.1 Å². The SMILES string of the molecule is O=C1Nc2ccccc2[C@@]1(Cc1ccccc1)N(O)c1ccccc1. The van der Waals surface area contributed by atoms with E-state index in [1.54, 1.807) is 12.1 Å². The van der Waals surface area contributed by atoms with Crippen LogP contribution in [0.1, 0.15) is 11.1 Å².